The molecule has 1 atom stereocenters. The molecular formula is C21H25N3O7S. The van der Waals surface area contributed by atoms with Crippen LogP contribution in [0.3, 0.4) is 0 Å². The Labute approximate surface area is 186 Å². The minimum atomic E-state index is -3.92. The number of carbonyl (C=O) groups is 3. The Bertz CT molecular complexity index is 1070. The zero-order valence-corrected chi connectivity index (χ0v) is 18.7. The third kappa shape index (κ3) is 7.36. The number of methoxy groups -OCH3 is 1. The number of amides is 2. The second kappa shape index (κ2) is 11.3. The Kier molecular flexibility index (Phi) is 8.73. The molecule has 0 spiro atoms. The fourth-order valence-electron chi connectivity index (χ4n) is 2.55. The zero-order chi connectivity index (χ0) is 23.7. The maximum atomic E-state index is 12.2. The van der Waals surface area contributed by atoms with E-state index in [2.05, 4.69) is 15.4 Å². The van der Waals surface area contributed by atoms with Crippen molar-refractivity contribution in [3.63, 3.8) is 0 Å². The van der Waals surface area contributed by atoms with Gasteiger partial charge in [-0.15, -0.1) is 0 Å². The molecule has 0 heterocycles. The lowest BCUT2D eigenvalue weighted by Gasteiger charge is -2.14. The normalized spacial score (nSPS) is 11.8. The number of ether oxygens (including phenoxy) is 2. The predicted octanol–water partition coefficient (Wildman–Crippen LogP) is 0.969. The molecular weight excluding hydrogens is 438 g/mol. The summed E-state index contributed by atoms with van der Waals surface area (Å²) in [6.07, 6.45) is 0. The molecule has 0 radical (unpaired) electrons. The van der Waals surface area contributed by atoms with Gasteiger partial charge in [-0.25, -0.2) is 8.42 Å². The number of benzene rings is 2. The van der Waals surface area contributed by atoms with Gasteiger partial charge in [0, 0.05) is 0 Å². The fourth-order valence-corrected chi connectivity index (χ4v) is 3.77. The largest absolute Gasteiger partial charge is 0.495 e. The standard InChI is InChI=1S/C21H25N3O7S/c1-14-9-10-18(30-3)17(11-14)23-19(25)12-22-20(26)13-31-21(27)15(2)24-32(28,29)16-7-5-4-6-8-16/h4-11,15,24H,12-13H2,1-3H3,(H,22,26)(H,23,25). The van der Waals surface area contributed by atoms with Crippen molar-refractivity contribution >= 4 is 33.5 Å². The highest BCUT2D eigenvalue weighted by Crippen LogP contribution is 2.24. The van der Waals surface area contributed by atoms with Crippen LogP contribution in [-0.4, -0.2) is 52.5 Å². The number of hydrogen-bond acceptors (Lipinski definition) is 7. The molecule has 32 heavy (non-hydrogen) atoms. The van der Waals surface area contributed by atoms with Gasteiger partial charge in [-0.1, -0.05) is 24.3 Å². The van der Waals surface area contributed by atoms with E-state index in [0.717, 1.165) is 5.56 Å². The van der Waals surface area contributed by atoms with Crippen molar-refractivity contribution in [2.45, 2.75) is 24.8 Å². The first-order valence-electron chi connectivity index (χ1n) is 9.57. The van der Waals surface area contributed by atoms with Gasteiger partial charge < -0.3 is 20.1 Å². The summed E-state index contributed by atoms with van der Waals surface area (Å²) in [5.74, 6) is -1.69. The minimum Gasteiger partial charge on any atom is -0.495 e. The SMILES string of the molecule is COc1ccc(C)cc1NC(=O)CNC(=O)COC(=O)C(C)NS(=O)(=O)c1ccccc1. The van der Waals surface area contributed by atoms with Crippen LogP contribution in [0.1, 0.15) is 12.5 Å². The first-order chi connectivity index (χ1) is 15.1. The van der Waals surface area contributed by atoms with Crippen LogP contribution < -0.4 is 20.1 Å². The van der Waals surface area contributed by atoms with Crippen molar-refractivity contribution in [1.82, 2.24) is 10.0 Å². The molecule has 2 amide bonds. The maximum Gasteiger partial charge on any atom is 0.324 e. The monoisotopic (exact) mass is 463 g/mol. The molecule has 0 aliphatic heterocycles. The van der Waals surface area contributed by atoms with E-state index in [-0.39, 0.29) is 11.4 Å². The van der Waals surface area contributed by atoms with E-state index in [1.54, 1.807) is 30.3 Å². The number of aryl methyl sites for hydroxylation is 1. The molecule has 3 N–H and O–H groups in total. The van der Waals surface area contributed by atoms with E-state index in [1.165, 1.54) is 26.2 Å². The van der Waals surface area contributed by atoms with E-state index < -0.39 is 40.5 Å². The Morgan fingerprint density at radius 3 is 2.38 bits per heavy atom. The highest BCUT2D eigenvalue weighted by Gasteiger charge is 2.23. The van der Waals surface area contributed by atoms with Crippen molar-refractivity contribution in [2.75, 3.05) is 25.6 Å². The molecule has 0 saturated carbocycles. The van der Waals surface area contributed by atoms with Crippen LogP contribution in [0.4, 0.5) is 5.69 Å². The van der Waals surface area contributed by atoms with Gasteiger partial charge in [0.15, 0.2) is 6.61 Å². The second-order valence-electron chi connectivity index (χ2n) is 6.79. The van der Waals surface area contributed by atoms with Crippen molar-refractivity contribution in [3.8, 4) is 5.75 Å². The summed E-state index contributed by atoms with van der Waals surface area (Å²) < 4.78 is 36.6. The molecule has 2 rings (SSSR count). The van der Waals surface area contributed by atoms with E-state index >= 15 is 0 Å². The Morgan fingerprint density at radius 1 is 1.03 bits per heavy atom. The van der Waals surface area contributed by atoms with Gasteiger partial charge in [-0.2, -0.15) is 4.72 Å². The predicted molar refractivity (Wildman–Crippen MR) is 117 cm³/mol. The second-order valence-corrected chi connectivity index (χ2v) is 8.51. The average molecular weight is 464 g/mol. The number of nitrogens with one attached hydrogen (secondary N) is 3. The molecule has 172 valence electrons. The Hall–Kier alpha value is -3.44. The first kappa shape index (κ1) is 24.8. The van der Waals surface area contributed by atoms with Gasteiger partial charge in [0.25, 0.3) is 5.91 Å². The van der Waals surface area contributed by atoms with Gasteiger partial charge in [0.1, 0.15) is 11.8 Å². The van der Waals surface area contributed by atoms with Gasteiger partial charge in [0.2, 0.25) is 15.9 Å². The van der Waals surface area contributed by atoms with E-state index in [0.29, 0.717) is 11.4 Å². The molecule has 0 bridgehead atoms. The molecule has 1 unspecified atom stereocenters. The summed E-state index contributed by atoms with van der Waals surface area (Å²) in [5, 5.41) is 4.93. The molecule has 11 heteroatoms. The molecule has 0 saturated heterocycles. The molecule has 2 aromatic carbocycles. The molecule has 10 nitrogen and oxygen atoms in total. The molecule has 0 aromatic heterocycles. The summed E-state index contributed by atoms with van der Waals surface area (Å²) in [4.78, 5) is 36.0. The summed E-state index contributed by atoms with van der Waals surface area (Å²) in [6, 6.07) is 11.5. The van der Waals surface area contributed by atoms with Crippen LogP contribution in [0.25, 0.3) is 0 Å². The lowest BCUT2D eigenvalue weighted by molar-refractivity contribution is -0.149. The van der Waals surface area contributed by atoms with Crippen molar-refractivity contribution in [3.05, 3.63) is 54.1 Å². The van der Waals surface area contributed by atoms with Crippen LogP contribution in [0.2, 0.25) is 0 Å². The molecule has 0 aliphatic carbocycles. The topological polar surface area (TPSA) is 140 Å². The van der Waals surface area contributed by atoms with E-state index in [4.69, 9.17) is 9.47 Å². The smallest absolute Gasteiger partial charge is 0.324 e. The van der Waals surface area contributed by atoms with E-state index in [9.17, 15) is 22.8 Å². The summed E-state index contributed by atoms with van der Waals surface area (Å²) in [6.45, 7) is 2.12. The third-order valence-electron chi connectivity index (χ3n) is 4.16. The van der Waals surface area contributed by atoms with Crippen molar-refractivity contribution in [1.29, 1.82) is 0 Å². The molecule has 0 fully saturated rings. The van der Waals surface area contributed by atoms with Crippen LogP contribution in [0.5, 0.6) is 5.75 Å². The van der Waals surface area contributed by atoms with Gasteiger partial charge in [0.05, 0.1) is 24.2 Å². The number of rotatable bonds is 10. The summed E-state index contributed by atoms with van der Waals surface area (Å²) in [5.41, 5.74) is 1.37. The van der Waals surface area contributed by atoms with Crippen LogP contribution in [0, 0.1) is 6.92 Å². The first-order valence-corrected chi connectivity index (χ1v) is 11.1. The summed E-state index contributed by atoms with van der Waals surface area (Å²) >= 11 is 0. The highest BCUT2D eigenvalue weighted by molar-refractivity contribution is 7.89. The maximum absolute atomic E-state index is 12.2. The number of hydrogen-bond donors (Lipinski definition) is 3. The highest BCUT2D eigenvalue weighted by atomic mass is 32.2. The molecule has 0 aliphatic rings. The quantitative estimate of drug-likeness (QED) is 0.446. The number of anilines is 1. The van der Waals surface area contributed by atoms with Crippen LogP contribution >= 0.6 is 0 Å². The van der Waals surface area contributed by atoms with Gasteiger partial charge in [-0.05, 0) is 43.7 Å². The van der Waals surface area contributed by atoms with Crippen molar-refractivity contribution < 1.29 is 32.3 Å². The number of carbonyl (C=O) groups excluding carboxylic acids is 3. The van der Waals surface area contributed by atoms with Crippen molar-refractivity contribution in [2.24, 2.45) is 0 Å². The molecule has 2 aromatic rings. The van der Waals surface area contributed by atoms with Gasteiger partial charge in [-0.3, -0.25) is 14.4 Å². The van der Waals surface area contributed by atoms with E-state index in [1.807, 2.05) is 13.0 Å². The lowest BCUT2D eigenvalue weighted by atomic mass is 10.2. The Morgan fingerprint density at radius 2 is 1.72 bits per heavy atom. The Balaban J connectivity index is 1.78. The van der Waals surface area contributed by atoms with Crippen LogP contribution in [0.15, 0.2) is 53.4 Å². The fraction of sp³-hybridized carbons (Fsp3) is 0.286. The third-order valence-corrected chi connectivity index (χ3v) is 5.72. The average Bonchev–Trinajstić information content (AvgIpc) is 2.76. The number of sulfonamides is 1. The lowest BCUT2D eigenvalue weighted by Crippen LogP contribution is -2.41. The number of esters is 1. The summed E-state index contributed by atoms with van der Waals surface area (Å²) in [7, 11) is -2.45. The zero-order valence-electron chi connectivity index (χ0n) is 17.9. The van der Waals surface area contributed by atoms with Crippen LogP contribution in [-0.2, 0) is 29.1 Å². The minimum absolute atomic E-state index is 0.00588. The van der Waals surface area contributed by atoms with Gasteiger partial charge >= 0.3 is 5.97 Å².